The third kappa shape index (κ3) is 29.7. The summed E-state index contributed by atoms with van der Waals surface area (Å²) in [6, 6.07) is 0. The SMILES string of the molecule is CCCCC/C=C\C/C=C\C/C=C\C/C=C\C/C=C\CCC(=O)O[C@H](COC(=O)CCC/C=C\C[C@H]1[C@@H](O)CC(=O)[C@@H]1/C=C/[C@@H](O)CCCCC)COP(=O)(O)O. The Kier molecular flexibility index (Phi) is 30.7. The van der Waals surface area contributed by atoms with Gasteiger partial charge in [-0.05, 0) is 70.6 Å². The van der Waals surface area contributed by atoms with Crippen molar-refractivity contribution in [3.05, 3.63) is 85.1 Å². The van der Waals surface area contributed by atoms with Crippen LogP contribution in [-0.4, -0.2) is 69.2 Å². The zero-order valence-electron chi connectivity index (χ0n) is 34.4. The normalized spacial score (nSPS) is 19.2. The van der Waals surface area contributed by atoms with Crippen molar-refractivity contribution in [3.63, 3.8) is 0 Å². The van der Waals surface area contributed by atoms with Gasteiger partial charge < -0.3 is 29.5 Å². The Morgan fingerprint density at radius 1 is 0.737 bits per heavy atom. The van der Waals surface area contributed by atoms with Gasteiger partial charge in [-0.1, -0.05) is 131 Å². The molecule has 0 aromatic rings. The number of esters is 2. The largest absolute Gasteiger partial charge is 0.469 e. The van der Waals surface area contributed by atoms with E-state index in [1.54, 1.807) is 12.2 Å². The van der Waals surface area contributed by atoms with Crippen LogP contribution in [0, 0.1) is 11.8 Å². The number of unbranched alkanes of at least 4 members (excludes halogenated alkanes) is 6. The van der Waals surface area contributed by atoms with Gasteiger partial charge in [0.2, 0.25) is 0 Å². The second-order valence-electron chi connectivity index (χ2n) is 14.4. The number of rotatable bonds is 33. The summed E-state index contributed by atoms with van der Waals surface area (Å²) in [7, 11) is -4.85. The van der Waals surface area contributed by atoms with Crippen molar-refractivity contribution in [2.75, 3.05) is 13.2 Å². The van der Waals surface area contributed by atoms with Crippen molar-refractivity contribution < 1.29 is 52.9 Å². The number of carbonyl (C=O) groups excluding carboxylic acids is 3. The van der Waals surface area contributed by atoms with E-state index in [2.05, 4.69) is 60.9 Å². The van der Waals surface area contributed by atoms with E-state index >= 15 is 0 Å². The van der Waals surface area contributed by atoms with E-state index in [1.807, 2.05) is 30.4 Å². The first-order valence-corrected chi connectivity index (χ1v) is 22.5. The number of aliphatic hydroxyl groups excluding tert-OH is 2. The van der Waals surface area contributed by atoms with Gasteiger partial charge in [0.15, 0.2) is 6.10 Å². The molecule has 0 aliphatic heterocycles. The van der Waals surface area contributed by atoms with Gasteiger partial charge in [0.25, 0.3) is 0 Å². The quantitative estimate of drug-likeness (QED) is 0.0215. The number of aliphatic hydroxyl groups is 2. The van der Waals surface area contributed by atoms with Crippen molar-refractivity contribution in [2.24, 2.45) is 11.8 Å². The molecule has 4 N–H and O–H groups in total. The summed E-state index contributed by atoms with van der Waals surface area (Å²) >= 11 is 0. The highest BCUT2D eigenvalue weighted by molar-refractivity contribution is 7.46. The zero-order chi connectivity index (χ0) is 42.0. The summed E-state index contributed by atoms with van der Waals surface area (Å²) in [4.78, 5) is 55.4. The highest BCUT2D eigenvalue weighted by atomic mass is 31.2. The van der Waals surface area contributed by atoms with E-state index in [4.69, 9.17) is 19.3 Å². The second-order valence-corrected chi connectivity index (χ2v) is 15.6. The second kappa shape index (κ2) is 33.8. The van der Waals surface area contributed by atoms with Crippen LogP contribution in [0.2, 0.25) is 0 Å². The fourth-order valence-electron chi connectivity index (χ4n) is 6.04. The average Bonchev–Trinajstić information content (AvgIpc) is 3.44. The Morgan fingerprint density at radius 2 is 1.30 bits per heavy atom. The summed E-state index contributed by atoms with van der Waals surface area (Å²) < 4.78 is 26.3. The molecule has 322 valence electrons. The number of carbonyl (C=O) groups is 3. The van der Waals surface area contributed by atoms with Crippen LogP contribution in [0.1, 0.15) is 136 Å². The highest BCUT2D eigenvalue weighted by Gasteiger charge is 2.39. The predicted molar refractivity (Wildman–Crippen MR) is 226 cm³/mol. The van der Waals surface area contributed by atoms with Crippen LogP contribution in [0.4, 0.5) is 0 Å². The molecule has 0 saturated heterocycles. The average molecular weight is 819 g/mol. The lowest BCUT2D eigenvalue weighted by Crippen LogP contribution is -2.29. The van der Waals surface area contributed by atoms with E-state index in [0.29, 0.717) is 38.5 Å². The standard InChI is InChI=1S/C45H71O11P/c1-3-5-7-8-9-10-11-12-13-14-15-16-17-18-19-20-21-22-28-32-45(50)56-39(37-55-57(51,52)53)36-54-44(49)31-27-24-23-26-30-40-41(43(48)35-42(40)47)34-33-38(46)29-25-6-4-2/h9-10,12-13,15-16,18-19,21-23,26,33-34,38-42,46-47H,3-8,11,14,17,20,24-25,27-32,35-37H2,1-2H3,(H2,51,52,53)/b10-9-,13-12-,16-15-,19-18-,22-21-,26-23-,34-33+/t38-,39+,40+,41+,42-/m0/s1. The predicted octanol–water partition coefficient (Wildman–Crippen LogP) is 9.43. The Balaban J connectivity index is 2.35. The molecule has 0 amide bonds. The number of hydrogen-bond donors (Lipinski definition) is 4. The van der Waals surface area contributed by atoms with Crippen LogP contribution in [0.15, 0.2) is 85.1 Å². The first-order chi connectivity index (χ1) is 27.5. The van der Waals surface area contributed by atoms with E-state index < -0.39 is 57.2 Å². The van der Waals surface area contributed by atoms with Crippen LogP contribution < -0.4 is 0 Å². The Bertz CT molecular complexity index is 1360. The van der Waals surface area contributed by atoms with Gasteiger partial charge in [-0.25, -0.2) is 4.57 Å². The van der Waals surface area contributed by atoms with Crippen LogP contribution in [0.25, 0.3) is 0 Å². The van der Waals surface area contributed by atoms with Crippen LogP contribution in [0.3, 0.4) is 0 Å². The zero-order valence-corrected chi connectivity index (χ0v) is 35.3. The summed E-state index contributed by atoms with van der Waals surface area (Å²) in [6.07, 6.45) is 39.7. The maximum Gasteiger partial charge on any atom is 0.469 e. The Labute approximate surface area is 342 Å². The lowest BCUT2D eigenvalue weighted by Gasteiger charge is -2.18. The van der Waals surface area contributed by atoms with Gasteiger partial charge in [0.1, 0.15) is 12.4 Å². The third-order valence-corrected chi connectivity index (χ3v) is 9.76. The van der Waals surface area contributed by atoms with Gasteiger partial charge in [-0.2, -0.15) is 0 Å². The molecular formula is C45H71O11P. The van der Waals surface area contributed by atoms with E-state index in [0.717, 1.165) is 44.9 Å². The molecule has 0 heterocycles. The molecule has 11 nitrogen and oxygen atoms in total. The van der Waals surface area contributed by atoms with Gasteiger partial charge in [0, 0.05) is 31.1 Å². The number of hydrogen-bond acceptors (Lipinski definition) is 9. The minimum atomic E-state index is -4.85. The summed E-state index contributed by atoms with van der Waals surface area (Å²) in [5, 5.41) is 20.6. The minimum absolute atomic E-state index is 0.0297. The van der Waals surface area contributed by atoms with Crippen LogP contribution in [0.5, 0.6) is 0 Å². The minimum Gasteiger partial charge on any atom is -0.462 e. The van der Waals surface area contributed by atoms with Gasteiger partial charge in [0.05, 0.1) is 18.8 Å². The number of allylic oxidation sites excluding steroid dienone is 13. The Hall–Kier alpha value is -3.18. The maximum atomic E-state index is 12.5. The molecule has 0 aromatic carbocycles. The molecule has 12 heteroatoms. The summed E-state index contributed by atoms with van der Waals surface area (Å²) in [5.41, 5.74) is 0. The lowest BCUT2D eigenvalue weighted by atomic mass is 9.90. The lowest BCUT2D eigenvalue weighted by molar-refractivity contribution is -0.161. The maximum absolute atomic E-state index is 12.5. The fourth-order valence-corrected chi connectivity index (χ4v) is 6.40. The molecule has 0 aromatic heterocycles. The molecule has 57 heavy (non-hydrogen) atoms. The third-order valence-electron chi connectivity index (χ3n) is 9.28. The molecule has 0 radical (unpaired) electrons. The van der Waals surface area contributed by atoms with Crippen molar-refractivity contribution in [1.29, 1.82) is 0 Å². The molecular weight excluding hydrogens is 747 g/mol. The number of phosphoric ester groups is 1. The molecule has 0 unspecified atom stereocenters. The van der Waals surface area contributed by atoms with Crippen LogP contribution in [-0.2, 0) is 32.9 Å². The number of ketones is 1. The highest BCUT2D eigenvalue weighted by Crippen LogP contribution is 2.36. The van der Waals surface area contributed by atoms with Gasteiger partial charge >= 0.3 is 19.8 Å². The van der Waals surface area contributed by atoms with Crippen LogP contribution >= 0.6 is 7.82 Å². The van der Waals surface area contributed by atoms with E-state index in [9.17, 15) is 29.2 Å². The summed E-state index contributed by atoms with van der Waals surface area (Å²) in [6.45, 7) is 3.25. The molecule has 5 atom stereocenters. The molecule has 0 bridgehead atoms. The van der Waals surface area contributed by atoms with Crippen molar-refractivity contribution in [3.8, 4) is 0 Å². The molecule has 1 saturated carbocycles. The van der Waals surface area contributed by atoms with Gasteiger partial charge in [-0.3, -0.25) is 18.9 Å². The molecule has 1 aliphatic rings. The molecule has 1 aliphatic carbocycles. The van der Waals surface area contributed by atoms with Crippen molar-refractivity contribution in [1.82, 2.24) is 0 Å². The number of Topliss-reactive ketones (excluding diaryl/α,β-unsaturated/α-hetero) is 1. The van der Waals surface area contributed by atoms with E-state index in [-0.39, 0.29) is 31.0 Å². The molecule has 0 spiro atoms. The Morgan fingerprint density at radius 3 is 1.91 bits per heavy atom. The van der Waals surface area contributed by atoms with Crippen molar-refractivity contribution in [2.45, 2.75) is 154 Å². The first kappa shape index (κ1) is 51.8. The van der Waals surface area contributed by atoms with E-state index in [1.165, 1.54) is 19.3 Å². The first-order valence-electron chi connectivity index (χ1n) is 21.0. The molecule has 1 rings (SSSR count). The monoisotopic (exact) mass is 818 g/mol. The number of ether oxygens (including phenoxy) is 2. The fraction of sp³-hybridized carbons (Fsp3) is 0.622. The number of phosphoric acid groups is 1. The van der Waals surface area contributed by atoms with Gasteiger partial charge in [-0.15, -0.1) is 0 Å². The topological polar surface area (TPSA) is 177 Å². The summed E-state index contributed by atoms with van der Waals surface area (Å²) in [5.74, 6) is -1.95. The van der Waals surface area contributed by atoms with Crippen molar-refractivity contribution >= 4 is 25.5 Å². The smallest absolute Gasteiger partial charge is 0.462 e. The molecule has 1 fully saturated rings.